The van der Waals surface area contributed by atoms with Crippen molar-refractivity contribution in [2.75, 3.05) is 13.1 Å². The lowest BCUT2D eigenvalue weighted by atomic mass is 9.90. The molecule has 0 unspecified atom stereocenters. The van der Waals surface area contributed by atoms with Gasteiger partial charge in [0.1, 0.15) is 0 Å². The normalized spacial score (nSPS) is 30.4. The van der Waals surface area contributed by atoms with Crippen molar-refractivity contribution in [3.63, 3.8) is 0 Å². The lowest BCUT2D eigenvalue weighted by Gasteiger charge is -2.20. The molecule has 0 radical (unpaired) electrons. The third-order valence-electron chi connectivity index (χ3n) is 4.78. The summed E-state index contributed by atoms with van der Waals surface area (Å²) in [4.78, 5) is 25.2. The number of benzene rings is 1. The first-order chi connectivity index (χ1) is 10.3. The van der Waals surface area contributed by atoms with E-state index in [-0.39, 0.29) is 24.3 Å². The molecule has 1 aliphatic carbocycles. The van der Waals surface area contributed by atoms with Crippen LogP contribution in [-0.4, -0.2) is 35.0 Å². The molecule has 2 fully saturated rings. The molecule has 1 saturated carbocycles. The van der Waals surface area contributed by atoms with Crippen molar-refractivity contribution in [2.24, 2.45) is 11.3 Å². The summed E-state index contributed by atoms with van der Waals surface area (Å²) in [7, 11) is 0. The molecule has 1 aliphatic heterocycles. The van der Waals surface area contributed by atoms with Crippen LogP contribution >= 0.6 is 0 Å². The van der Waals surface area contributed by atoms with Crippen molar-refractivity contribution >= 4 is 11.9 Å². The maximum atomic E-state index is 13.3. The molecule has 22 heavy (non-hydrogen) atoms. The molecule has 1 heterocycles. The zero-order valence-electron chi connectivity index (χ0n) is 12.2. The molecule has 0 bridgehead atoms. The van der Waals surface area contributed by atoms with Gasteiger partial charge < -0.3 is 10.0 Å². The van der Waals surface area contributed by atoms with E-state index in [9.17, 15) is 23.5 Å². The minimum absolute atomic E-state index is 0.0836. The Morgan fingerprint density at radius 1 is 1.32 bits per heavy atom. The van der Waals surface area contributed by atoms with Gasteiger partial charge >= 0.3 is 5.97 Å². The topological polar surface area (TPSA) is 57.6 Å². The van der Waals surface area contributed by atoms with Gasteiger partial charge in [-0.25, -0.2) is 8.78 Å². The molecule has 118 valence electrons. The van der Waals surface area contributed by atoms with E-state index >= 15 is 0 Å². The number of carboxylic acid groups (broad SMARTS) is 1. The molecule has 1 N–H and O–H groups in total. The Balaban J connectivity index is 1.66. The Labute approximate surface area is 126 Å². The molecule has 2 aliphatic rings. The third kappa shape index (κ3) is 2.46. The van der Waals surface area contributed by atoms with Crippen molar-refractivity contribution < 1.29 is 23.5 Å². The molecular formula is C16H17F2NO3. The predicted molar refractivity (Wildman–Crippen MR) is 74.1 cm³/mol. The molecule has 1 amide bonds. The Hall–Kier alpha value is -1.98. The van der Waals surface area contributed by atoms with Gasteiger partial charge in [0.25, 0.3) is 0 Å². The SMILES string of the molecule is C[C@]1(C(=O)O)CCN(C(=O)[C@H]2C[C@H]2c2ccc(F)c(F)c2)C1. The van der Waals surface area contributed by atoms with Gasteiger partial charge in [-0.1, -0.05) is 6.07 Å². The number of carbonyl (C=O) groups is 2. The lowest BCUT2D eigenvalue weighted by Crippen LogP contribution is -2.35. The van der Waals surface area contributed by atoms with Crippen LogP contribution in [-0.2, 0) is 9.59 Å². The summed E-state index contributed by atoms with van der Waals surface area (Å²) in [6.07, 6.45) is 1.04. The highest BCUT2D eigenvalue weighted by atomic mass is 19.2. The summed E-state index contributed by atoms with van der Waals surface area (Å²) >= 11 is 0. The zero-order chi connectivity index (χ0) is 16.1. The van der Waals surface area contributed by atoms with E-state index in [4.69, 9.17) is 0 Å². The summed E-state index contributed by atoms with van der Waals surface area (Å²) in [6.45, 7) is 2.28. The van der Waals surface area contributed by atoms with Crippen molar-refractivity contribution in [1.29, 1.82) is 0 Å². The number of nitrogens with zero attached hydrogens (tertiary/aromatic N) is 1. The van der Waals surface area contributed by atoms with E-state index < -0.39 is 23.0 Å². The lowest BCUT2D eigenvalue weighted by molar-refractivity contribution is -0.147. The van der Waals surface area contributed by atoms with Crippen LogP contribution in [0.4, 0.5) is 8.78 Å². The number of carboxylic acids is 1. The summed E-state index contributed by atoms with van der Waals surface area (Å²) < 4.78 is 26.2. The molecule has 1 aromatic carbocycles. The van der Waals surface area contributed by atoms with Gasteiger partial charge in [-0.2, -0.15) is 0 Å². The first kappa shape index (κ1) is 14.9. The standard InChI is InChI=1S/C16H17F2NO3/c1-16(15(21)22)4-5-19(8-16)14(20)11-7-10(11)9-2-3-12(17)13(18)6-9/h2-3,6,10-11H,4-5,7-8H2,1H3,(H,21,22)/t10-,11-,16-/m0/s1. The average molecular weight is 309 g/mol. The number of rotatable bonds is 3. The van der Waals surface area contributed by atoms with Crippen LogP contribution in [0.2, 0.25) is 0 Å². The van der Waals surface area contributed by atoms with E-state index in [1.807, 2.05) is 0 Å². The maximum absolute atomic E-state index is 13.3. The molecule has 1 saturated heterocycles. The van der Waals surface area contributed by atoms with Crippen LogP contribution in [0.1, 0.15) is 31.2 Å². The van der Waals surface area contributed by atoms with Gasteiger partial charge in [0.15, 0.2) is 11.6 Å². The minimum Gasteiger partial charge on any atom is -0.481 e. The number of hydrogen-bond donors (Lipinski definition) is 1. The second kappa shape index (κ2) is 5.04. The molecule has 6 heteroatoms. The van der Waals surface area contributed by atoms with Crippen LogP contribution < -0.4 is 0 Å². The van der Waals surface area contributed by atoms with Gasteiger partial charge in [-0.3, -0.25) is 9.59 Å². The quantitative estimate of drug-likeness (QED) is 0.932. The monoisotopic (exact) mass is 309 g/mol. The first-order valence-corrected chi connectivity index (χ1v) is 7.29. The fourth-order valence-electron chi connectivity index (χ4n) is 3.14. The van der Waals surface area contributed by atoms with Crippen molar-refractivity contribution in [1.82, 2.24) is 4.90 Å². The fraction of sp³-hybridized carbons (Fsp3) is 0.500. The Morgan fingerprint density at radius 2 is 2.05 bits per heavy atom. The molecule has 3 atom stereocenters. The van der Waals surface area contributed by atoms with Crippen LogP contribution in [0.3, 0.4) is 0 Å². The largest absolute Gasteiger partial charge is 0.481 e. The Morgan fingerprint density at radius 3 is 2.64 bits per heavy atom. The average Bonchev–Trinajstić information content (AvgIpc) is 3.16. The minimum atomic E-state index is -0.907. The summed E-state index contributed by atoms with van der Waals surface area (Å²) in [6, 6.07) is 3.71. The number of aliphatic carboxylic acids is 1. The van der Waals surface area contributed by atoms with Crippen LogP contribution in [0.15, 0.2) is 18.2 Å². The molecule has 0 aromatic heterocycles. The van der Waals surface area contributed by atoms with E-state index in [1.54, 1.807) is 11.8 Å². The summed E-state index contributed by atoms with van der Waals surface area (Å²) in [5.41, 5.74) is -0.264. The Kier molecular flexibility index (Phi) is 3.42. The molecule has 0 spiro atoms. The van der Waals surface area contributed by atoms with Crippen LogP contribution in [0.5, 0.6) is 0 Å². The highest BCUT2D eigenvalue weighted by Gasteiger charge is 2.50. The zero-order valence-corrected chi connectivity index (χ0v) is 12.2. The van der Waals surface area contributed by atoms with E-state index in [0.717, 1.165) is 12.1 Å². The fourth-order valence-corrected chi connectivity index (χ4v) is 3.14. The number of halogens is 2. The molecule has 3 rings (SSSR count). The van der Waals surface area contributed by atoms with E-state index in [2.05, 4.69) is 0 Å². The van der Waals surface area contributed by atoms with Gasteiger partial charge in [0, 0.05) is 19.0 Å². The van der Waals surface area contributed by atoms with Gasteiger partial charge in [0.2, 0.25) is 5.91 Å². The third-order valence-corrected chi connectivity index (χ3v) is 4.78. The van der Waals surface area contributed by atoms with Crippen LogP contribution in [0.25, 0.3) is 0 Å². The van der Waals surface area contributed by atoms with Gasteiger partial charge in [-0.05, 0) is 43.4 Å². The van der Waals surface area contributed by atoms with Crippen LogP contribution in [0, 0.1) is 23.0 Å². The van der Waals surface area contributed by atoms with Crippen molar-refractivity contribution in [2.45, 2.75) is 25.7 Å². The molecular weight excluding hydrogens is 292 g/mol. The molecule has 1 aromatic rings. The second-order valence-electron chi connectivity index (χ2n) is 6.50. The number of likely N-dealkylation sites (tertiary alicyclic amines) is 1. The predicted octanol–water partition coefficient (Wildman–Crippen LogP) is 2.39. The van der Waals surface area contributed by atoms with Gasteiger partial charge in [-0.15, -0.1) is 0 Å². The second-order valence-corrected chi connectivity index (χ2v) is 6.50. The number of carbonyl (C=O) groups excluding carboxylic acids is 1. The smallest absolute Gasteiger partial charge is 0.311 e. The number of hydrogen-bond acceptors (Lipinski definition) is 2. The summed E-state index contributed by atoms with van der Waals surface area (Å²) in [5.74, 6) is -3.13. The molecule has 4 nitrogen and oxygen atoms in total. The van der Waals surface area contributed by atoms with Crippen molar-refractivity contribution in [3.05, 3.63) is 35.4 Å². The summed E-state index contributed by atoms with van der Waals surface area (Å²) in [5, 5.41) is 9.20. The van der Waals surface area contributed by atoms with Crippen molar-refractivity contribution in [3.8, 4) is 0 Å². The highest BCUT2D eigenvalue weighted by Crippen LogP contribution is 2.49. The first-order valence-electron chi connectivity index (χ1n) is 7.29. The maximum Gasteiger partial charge on any atom is 0.311 e. The van der Waals surface area contributed by atoms with E-state index in [1.165, 1.54) is 6.07 Å². The van der Waals surface area contributed by atoms with E-state index in [0.29, 0.717) is 24.9 Å². The van der Waals surface area contributed by atoms with Gasteiger partial charge in [0.05, 0.1) is 5.41 Å². The highest BCUT2D eigenvalue weighted by molar-refractivity contribution is 5.85. The number of amides is 1. The Bertz CT molecular complexity index is 648.